The van der Waals surface area contributed by atoms with Crippen LogP contribution in [0.25, 0.3) is 11.3 Å². The smallest absolute Gasteiger partial charge is 0.273 e. The molecule has 0 atom stereocenters. The number of carbonyl (C=O) groups excluding carboxylic acids is 2. The number of rotatable bonds is 6. The first-order chi connectivity index (χ1) is 16.0. The number of nitrogens with zero attached hydrogens (tertiary/aromatic N) is 2. The molecule has 0 unspecified atom stereocenters. The quantitative estimate of drug-likeness (QED) is 0.419. The first-order valence-electron chi connectivity index (χ1n) is 10.2. The Morgan fingerprint density at radius 3 is 2.39 bits per heavy atom. The molecule has 2 N–H and O–H groups in total. The maximum Gasteiger partial charge on any atom is 0.273 e. The van der Waals surface area contributed by atoms with Crippen LogP contribution in [0.2, 0.25) is 5.02 Å². The number of ether oxygens (including phenoxy) is 1. The van der Waals surface area contributed by atoms with Crippen LogP contribution in [-0.4, -0.2) is 28.7 Å². The van der Waals surface area contributed by atoms with Crippen molar-refractivity contribution >= 4 is 23.4 Å². The van der Waals surface area contributed by atoms with E-state index in [2.05, 4.69) is 16.0 Å². The zero-order chi connectivity index (χ0) is 23.2. The second kappa shape index (κ2) is 10.0. The monoisotopic (exact) mass is 460 g/mol. The second-order valence-corrected chi connectivity index (χ2v) is 7.66. The fourth-order valence-electron chi connectivity index (χ4n) is 3.28. The summed E-state index contributed by atoms with van der Waals surface area (Å²) in [5.74, 6) is -0.304. The minimum absolute atomic E-state index is 0.315. The Hall–Kier alpha value is -4.10. The molecule has 0 aliphatic rings. The van der Waals surface area contributed by atoms with E-state index < -0.39 is 11.8 Å². The molecule has 1 aromatic heterocycles. The second-order valence-electron chi connectivity index (χ2n) is 7.22. The third-order valence-corrected chi connectivity index (χ3v) is 5.18. The van der Waals surface area contributed by atoms with Crippen molar-refractivity contribution in [1.82, 2.24) is 20.6 Å². The van der Waals surface area contributed by atoms with Gasteiger partial charge in [0.25, 0.3) is 11.8 Å². The van der Waals surface area contributed by atoms with Gasteiger partial charge in [-0.3, -0.25) is 25.1 Å². The van der Waals surface area contributed by atoms with Gasteiger partial charge in [-0.05, 0) is 42.0 Å². The van der Waals surface area contributed by atoms with Crippen molar-refractivity contribution in [3.05, 3.63) is 107 Å². The summed E-state index contributed by atoms with van der Waals surface area (Å²) in [6.45, 7) is 0.488. The van der Waals surface area contributed by atoms with Gasteiger partial charge in [0.15, 0.2) is 0 Å². The van der Waals surface area contributed by atoms with Crippen LogP contribution in [0.1, 0.15) is 26.3 Å². The maximum atomic E-state index is 13.0. The SMILES string of the molecule is COc1cccc(-c2nn(Cc3ccccc3)cc2C(=O)NNC(=O)c2ccc(Cl)cc2)c1. The van der Waals surface area contributed by atoms with E-state index >= 15 is 0 Å². The highest BCUT2D eigenvalue weighted by molar-refractivity contribution is 6.30. The third-order valence-electron chi connectivity index (χ3n) is 4.93. The Morgan fingerprint density at radius 2 is 1.67 bits per heavy atom. The summed E-state index contributed by atoms with van der Waals surface area (Å²) in [5.41, 5.74) is 7.82. The van der Waals surface area contributed by atoms with Gasteiger partial charge in [0.05, 0.1) is 19.2 Å². The van der Waals surface area contributed by atoms with Crippen LogP contribution in [0.5, 0.6) is 5.75 Å². The van der Waals surface area contributed by atoms with Gasteiger partial charge in [-0.1, -0.05) is 54.1 Å². The summed E-state index contributed by atoms with van der Waals surface area (Å²) >= 11 is 5.86. The lowest BCUT2D eigenvalue weighted by Gasteiger charge is -2.08. The number of hydrazine groups is 1. The van der Waals surface area contributed by atoms with Crippen LogP contribution in [-0.2, 0) is 6.54 Å². The summed E-state index contributed by atoms with van der Waals surface area (Å²) in [6, 6.07) is 23.5. The van der Waals surface area contributed by atoms with Gasteiger partial charge in [-0.2, -0.15) is 5.10 Å². The first kappa shape index (κ1) is 22.1. The fourth-order valence-corrected chi connectivity index (χ4v) is 3.40. The van der Waals surface area contributed by atoms with Crippen molar-refractivity contribution < 1.29 is 14.3 Å². The zero-order valence-corrected chi connectivity index (χ0v) is 18.5. The molecule has 4 aromatic rings. The molecule has 0 saturated carbocycles. The molecule has 3 aromatic carbocycles. The van der Waals surface area contributed by atoms with Crippen molar-refractivity contribution in [2.24, 2.45) is 0 Å². The number of hydrogen-bond donors (Lipinski definition) is 2. The maximum absolute atomic E-state index is 13.0. The van der Waals surface area contributed by atoms with Gasteiger partial charge in [-0.15, -0.1) is 0 Å². The van der Waals surface area contributed by atoms with Crippen LogP contribution in [0.4, 0.5) is 0 Å². The van der Waals surface area contributed by atoms with Gasteiger partial charge < -0.3 is 4.74 Å². The number of halogens is 1. The van der Waals surface area contributed by atoms with Crippen molar-refractivity contribution in [3.63, 3.8) is 0 Å². The Balaban J connectivity index is 1.59. The van der Waals surface area contributed by atoms with Gasteiger partial charge in [0.2, 0.25) is 0 Å². The van der Waals surface area contributed by atoms with E-state index in [0.717, 1.165) is 11.1 Å². The van der Waals surface area contributed by atoms with E-state index in [9.17, 15) is 9.59 Å². The Kier molecular flexibility index (Phi) is 6.71. The first-order valence-corrected chi connectivity index (χ1v) is 10.5. The average molecular weight is 461 g/mol. The van der Waals surface area contributed by atoms with Crippen molar-refractivity contribution in [2.45, 2.75) is 6.54 Å². The van der Waals surface area contributed by atoms with Gasteiger partial charge in [-0.25, -0.2) is 0 Å². The molecule has 33 heavy (non-hydrogen) atoms. The van der Waals surface area contributed by atoms with E-state index in [-0.39, 0.29) is 0 Å². The minimum atomic E-state index is -0.491. The van der Waals surface area contributed by atoms with Crippen LogP contribution in [0, 0.1) is 0 Å². The molecule has 1 heterocycles. The van der Waals surface area contributed by atoms with Crippen LogP contribution >= 0.6 is 11.6 Å². The van der Waals surface area contributed by atoms with Crippen LogP contribution in [0.3, 0.4) is 0 Å². The zero-order valence-electron chi connectivity index (χ0n) is 17.8. The summed E-state index contributed by atoms with van der Waals surface area (Å²) < 4.78 is 7.01. The summed E-state index contributed by atoms with van der Waals surface area (Å²) in [5, 5.41) is 5.16. The Bertz CT molecular complexity index is 1270. The van der Waals surface area contributed by atoms with Crippen LogP contribution in [0.15, 0.2) is 85.1 Å². The number of methoxy groups -OCH3 is 1. The fraction of sp³-hybridized carbons (Fsp3) is 0.0800. The van der Waals surface area contributed by atoms with E-state index in [1.807, 2.05) is 48.5 Å². The van der Waals surface area contributed by atoms with Gasteiger partial charge in [0, 0.05) is 22.3 Å². The molecule has 7 nitrogen and oxygen atoms in total. The topological polar surface area (TPSA) is 85.2 Å². The lowest BCUT2D eigenvalue weighted by atomic mass is 10.1. The number of benzene rings is 3. The molecule has 0 saturated heterocycles. The number of nitrogens with one attached hydrogen (secondary N) is 2. The summed E-state index contributed by atoms with van der Waals surface area (Å²) in [6.07, 6.45) is 1.66. The predicted molar refractivity (Wildman–Crippen MR) is 126 cm³/mol. The van der Waals surface area contributed by atoms with Crippen molar-refractivity contribution in [1.29, 1.82) is 0 Å². The minimum Gasteiger partial charge on any atom is -0.497 e. The van der Waals surface area contributed by atoms with E-state index in [1.165, 1.54) is 0 Å². The molecular formula is C25H21ClN4O3. The van der Waals surface area contributed by atoms with Crippen molar-refractivity contribution in [2.75, 3.05) is 7.11 Å². The summed E-state index contributed by atoms with van der Waals surface area (Å²) in [4.78, 5) is 25.4. The highest BCUT2D eigenvalue weighted by Crippen LogP contribution is 2.26. The molecule has 166 valence electrons. The largest absolute Gasteiger partial charge is 0.497 e. The molecule has 0 bridgehead atoms. The standard InChI is InChI=1S/C25H21ClN4O3/c1-33-21-9-5-8-19(14-21)23-22(16-30(29-23)15-17-6-3-2-4-7-17)25(32)28-27-24(31)18-10-12-20(26)13-11-18/h2-14,16H,15H2,1H3,(H,27,31)(H,28,32). The average Bonchev–Trinajstić information content (AvgIpc) is 3.27. The molecular weight excluding hydrogens is 440 g/mol. The Labute approximate surface area is 195 Å². The molecule has 0 spiro atoms. The normalized spacial score (nSPS) is 10.5. The van der Waals surface area contributed by atoms with Gasteiger partial charge in [0.1, 0.15) is 11.4 Å². The van der Waals surface area contributed by atoms with Crippen molar-refractivity contribution in [3.8, 4) is 17.0 Å². The van der Waals surface area contributed by atoms with Gasteiger partial charge >= 0.3 is 0 Å². The number of amides is 2. The Morgan fingerprint density at radius 1 is 0.939 bits per heavy atom. The van der Waals surface area contributed by atoms with E-state index in [1.54, 1.807) is 48.3 Å². The highest BCUT2D eigenvalue weighted by atomic mass is 35.5. The predicted octanol–water partition coefficient (Wildman–Crippen LogP) is 4.34. The highest BCUT2D eigenvalue weighted by Gasteiger charge is 2.19. The number of hydrogen-bond acceptors (Lipinski definition) is 4. The van der Waals surface area contributed by atoms with E-state index in [0.29, 0.717) is 34.1 Å². The lowest BCUT2D eigenvalue weighted by molar-refractivity contribution is 0.0847. The molecule has 0 aliphatic carbocycles. The summed E-state index contributed by atoms with van der Waals surface area (Å²) in [7, 11) is 1.58. The number of aromatic nitrogens is 2. The molecule has 0 aliphatic heterocycles. The molecule has 8 heteroatoms. The van der Waals surface area contributed by atoms with E-state index in [4.69, 9.17) is 16.3 Å². The molecule has 2 amide bonds. The molecule has 4 rings (SSSR count). The third kappa shape index (κ3) is 5.39. The lowest BCUT2D eigenvalue weighted by Crippen LogP contribution is -2.41. The number of carbonyl (C=O) groups is 2. The van der Waals surface area contributed by atoms with Crippen LogP contribution < -0.4 is 15.6 Å². The molecule has 0 radical (unpaired) electrons. The molecule has 0 fully saturated rings.